The van der Waals surface area contributed by atoms with E-state index in [0.29, 0.717) is 5.92 Å². The fraction of sp³-hybridized carbons (Fsp3) is 1.00. The molecule has 3 heteroatoms. The molecule has 0 heterocycles. The molecule has 0 aliphatic heterocycles. The third-order valence-electron chi connectivity index (χ3n) is 2.80. The van der Waals surface area contributed by atoms with Crippen molar-refractivity contribution in [2.75, 3.05) is 0 Å². The third kappa shape index (κ3) is 2.14. The maximum atomic E-state index is 12.2. The fourth-order valence-corrected chi connectivity index (χ4v) is 1.83. The second-order valence-corrected chi connectivity index (χ2v) is 3.78. The Kier molecular flexibility index (Phi) is 2.69. The monoisotopic (exact) mass is 180 g/mol. The number of hydrogen-bond acceptors (Lipinski definition) is 0. The molecule has 0 amide bonds. The summed E-state index contributed by atoms with van der Waals surface area (Å²) in [5.41, 5.74) is 0. The lowest BCUT2D eigenvalue weighted by atomic mass is 10.0. The van der Waals surface area contributed by atoms with Crippen molar-refractivity contribution in [3.8, 4) is 0 Å². The average Bonchev–Trinajstić information content (AvgIpc) is 2.65. The molecule has 1 aliphatic carbocycles. The van der Waals surface area contributed by atoms with Crippen molar-refractivity contribution in [3.63, 3.8) is 0 Å². The summed E-state index contributed by atoms with van der Waals surface area (Å²) in [6, 6.07) is 0. The van der Waals surface area contributed by atoms with Crippen LogP contribution >= 0.6 is 0 Å². The van der Waals surface area contributed by atoms with Crippen LogP contribution < -0.4 is 0 Å². The molecule has 1 fully saturated rings. The van der Waals surface area contributed by atoms with Crippen LogP contribution in [0.25, 0.3) is 0 Å². The second kappa shape index (κ2) is 3.27. The maximum Gasteiger partial charge on any atom is 0.391 e. The molecule has 72 valence electrons. The van der Waals surface area contributed by atoms with Crippen LogP contribution in [0.5, 0.6) is 0 Å². The zero-order valence-corrected chi connectivity index (χ0v) is 7.49. The van der Waals surface area contributed by atoms with Crippen molar-refractivity contribution in [1.82, 2.24) is 0 Å². The summed E-state index contributed by atoms with van der Waals surface area (Å²) in [5.74, 6) is -0.814. The van der Waals surface area contributed by atoms with Gasteiger partial charge in [0, 0.05) is 0 Å². The normalized spacial score (nSPS) is 31.8. The number of alkyl halides is 3. The van der Waals surface area contributed by atoms with Crippen LogP contribution in [0.1, 0.15) is 33.1 Å². The van der Waals surface area contributed by atoms with Crippen molar-refractivity contribution >= 4 is 0 Å². The summed E-state index contributed by atoms with van der Waals surface area (Å²) in [7, 11) is 0. The molecule has 0 N–H and O–H groups in total. The summed E-state index contributed by atoms with van der Waals surface area (Å²) in [5, 5.41) is 0. The molecular weight excluding hydrogens is 165 g/mol. The summed E-state index contributed by atoms with van der Waals surface area (Å²) in [6.45, 7) is 3.33. The van der Waals surface area contributed by atoms with Gasteiger partial charge in [0.05, 0.1) is 5.92 Å². The van der Waals surface area contributed by atoms with Gasteiger partial charge >= 0.3 is 6.18 Å². The van der Waals surface area contributed by atoms with Crippen LogP contribution in [-0.4, -0.2) is 6.18 Å². The minimum atomic E-state index is -3.98. The Labute approximate surface area is 71.1 Å². The minimum absolute atomic E-state index is 0.0788. The van der Waals surface area contributed by atoms with E-state index in [1.807, 2.05) is 6.92 Å². The van der Waals surface area contributed by atoms with Crippen molar-refractivity contribution in [3.05, 3.63) is 0 Å². The molecule has 0 aromatic rings. The Balaban J connectivity index is 2.33. The summed E-state index contributed by atoms with van der Waals surface area (Å²) in [6.07, 6.45) is -1.22. The van der Waals surface area contributed by atoms with E-state index in [0.717, 1.165) is 19.3 Å². The molecule has 3 unspecified atom stereocenters. The first-order valence-corrected chi connectivity index (χ1v) is 4.53. The van der Waals surface area contributed by atoms with Crippen molar-refractivity contribution in [2.24, 2.45) is 17.8 Å². The zero-order chi connectivity index (χ0) is 9.35. The average molecular weight is 180 g/mol. The smallest absolute Gasteiger partial charge is 0.171 e. The first-order chi connectivity index (χ1) is 5.46. The fourth-order valence-electron chi connectivity index (χ4n) is 1.83. The van der Waals surface area contributed by atoms with E-state index in [1.54, 1.807) is 0 Å². The van der Waals surface area contributed by atoms with Gasteiger partial charge in [-0.05, 0) is 18.3 Å². The predicted molar refractivity (Wildman–Crippen MR) is 41.7 cm³/mol. The summed E-state index contributed by atoms with van der Waals surface area (Å²) < 4.78 is 36.5. The lowest BCUT2D eigenvalue weighted by molar-refractivity contribution is -0.176. The molecule has 0 aromatic carbocycles. The zero-order valence-electron chi connectivity index (χ0n) is 7.49. The highest BCUT2D eigenvalue weighted by molar-refractivity contribution is 4.91. The predicted octanol–water partition coefficient (Wildman–Crippen LogP) is 3.62. The molecule has 0 saturated heterocycles. The number of hydrogen-bond donors (Lipinski definition) is 0. The van der Waals surface area contributed by atoms with Gasteiger partial charge < -0.3 is 0 Å². The Morgan fingerprint density at radius 2 is 2.00 bits per heavy atom. The van der Waals surface area contributed by atoms with Crippen molar-refractivity contribution in [1.29, 1.82) is 0 Å². The lowest BCUT2D eigenvalue weighted by Gasteiger charge is -2.14. The minimum Gasteiger partial charge on any atom is -0.171 e. The van der Waals surface area contributed by atoms with Gasteiger partial charge in [0.25, 0.3) is 0 Å². The van der Waals surface area contributed by atoms with E-state index in [9.17, 15) is 13.2 Å². The summed E-state index contributed by atoms with van der Waals surface area (Å²) >= 11 is 0. The van der Waals surface area contributed by atoms with Crippen molar-refractivity contribution in [2.45, 2.75) is 39.3 Å². The third-order valence-corrected chi connectivity index (χ3v) is 2.80. The highest BCUT2D eigenvalue weighted by atomic mass is 19.4. The molecule has 1 saturated carbocycles. The largest absolute Gasteiger partial charge is 0.391 e. The van der Waals surface area contributed by atoms with Gasteiger partial charge in [-0.25, -0.2) is 0 Å². The molecule has 3 atom stereocenters. The molecule has 1 rings (SSSR count). The van der Waals surface area contributed by atoms with Gasteiger partial charge in [-0.3, -0.25) is 0 Å². The Bertz CT molecular complexity index is 150. The Morgan fingerprint density at radius 3 is 2.42 bits per heavy atom. The van der Waals surface area contributed by atoms with Crippen LogP contribution in [-0.2, 0) is 0 Å². The van der Waals surface area contributed by atoms with Crippen LogP contribution in [0, 0.1) is 17.8 Å². The van der Waals surface area contributed by atoms with Crippen LogP contribution in [0.2, 0.25) is 0 Å². The molecule has 0 spiro atoms. The molecule has 1 aliphatic rings. The molecule has 12 heavy (non-hydrogen) atoms. The van der Waals surface area contributed by atoms with E-state index < -0.39 is 12.1 Å². The van der Waals surface area contributed by atoms with Crippen LogP contribution in [0.4, 0.5) is 13.2 Å². The molecular formula is C9H15F3. The molecule has 0 nitrogen and oxygen atoms in total. The number of rotatable bonds is 3. The quantitative estimate of drug-likeness (QED) is 0.622. The van der Waals surface area contributed by atoms with Gasteiger partial charge in [-0.15, -0.1) is 0 Å². The SMILES string of the molecule is CCCC1CC1C(C)C(F)(F)F. The van der Waals surface area contributed by atoms with E-state index in [2.05, 4.69) is 0 Å². The molecule has 0 bridgehead atoms. The van der Waals surface area contributed by atoms with Gasteiger partial charge in [-0.2, -0.15) is 13.2 Å². The Morgan fingerprint density at radius 1 is 1.42 bits per heavy atom. The maximum absolute atomic E-state index is 12.2. The van der Waals surface area contributed by atoms with Gasteiger partial charge in [0.15, 0.2) is 0 Å². The second-order valence-electron chi connectivity index (χ2n) is 3.78. The Hall–Kier alpha value is -0.210. The highest BCUT2D eigenvalue weighted by Gasteiger charge is 2.50. The van der Waals surface area contributed by atoms with E-state index >= 15 is 0 Å². The number of halogens is 3. The van der Waals surface area contributed by atoms with E-state index in [4.69, 9.17) is 0 Å². The molecule has 0 aromatic heterocycles. The van der Waals surface area contributed by atoms with Gasteiger partial charge in [-0.1, -0.05) is 26.7 Å². The van der Waals surface area contributed by atoms with E-state index in [1.165, 1.54) is 6.92 Å². The first-order valence-electron chi connectivity index (χ1n) is 4.53. The summed E-state index contributed by atoms with van der Waals surface area (Å²) in [4.78, 5) is 0. The van der Waals surface area contributed by atoms with Crippen LogP contribution in [0.3, 0.4) is 0 Å². The highest BCUT2D eigenvalue weighted by Crippen LogP contribution is 2.51. The van der Waals surface area contributed by atoms with Gasteiger partial charge in [0.2, 0.25) is 0 Å². The van der Waals surface area contributed by atoms with E-state index in [-0.39, 0.29) is 5.92 Å². The van der Waals surface area contributed by atoms with Crippen LogP contribution in [0.15, 0.2) is 0 Å². The molecule has 0 radical (unpaired) electrons. The van der Waals surface area contributed by atoms with Crippen molar-refractivity contribution < 1.29 is 13.2 Å². The lowest BCUT2D eigenvalue weighted by Crippen LogP contribution is -2.22. The topological polar surface area (TPSA) is 0 Å². The standard InChI is InChI=1S/C9H15F3/c1-3-4-7-5-8(7)6(2)9(10,11)12/h6-8H,3-5H2,1-2H3. The first kappa shape index (κ1) is 9.87. The van der Waals surface area contributed by atoms with Gasteiger partial charge in [0.1, 0.15) is 0 Å².